The molecule has 8 nitrogen and oxygen atoms in total. The summed E-state index contributed by atoms with van der Waals surface area (Å²) in [6.07, 6.45) is 3.40. The van der Waals surface area contributed by atoms with Gasteiger partial charge in [0.05, 0.1) is 0 Å². The second-order valence-electron chi connectivity index (χ2n) is 9.19. The van der Waals surface area contributed by atoms with Crippen molar-refractivity contribution in [2.24, 2.45) is 5.92 Å². The Hall–Kier alpha value is -3.13. The maximum Gasteiger partial charge on any atom is 0.250 e. The second-order valence-corrected chi connectivity index (χ2v) is 9.62. The van der Waals surface area contributed by atoms with Gasteiger partial charge in [0, 0.05) is 61.1 Å². The fourth-order valence-electron chi connectivity index (χ4n) is 5.33. The van der Waals surface area contributed by atoms with E-state index in [2.05, 4.69) is 21.2 Å². The molecule has 170 valence electrons. The molecule has 2 bridgehead atoms. The van der Waals surface area contributed by atoms with Crippen LogP contribution in [0.5, 0.6) is 0 Å². The third kappa shape index (κ3) is 4.04. The van der Waals surface area contributed by atoms with Gasteiger partial charge in [0.25, 0.3) is 5.56 Å². The topological polar surface area (TPSA) is 79.2 Å². The van der Waals surface area contributed by atoms with Crippen LogP contribution in [0.15, 0.2) is 47.3 Å². The van der Waals surface area contributed by atoms with E-state index < -0.39 is 0 Å². The second kappa shape index (κ2) is 8.33. The number of nitrogens with one attached hydrogen (secondary N) is 1. The molecule has 9 heteroatoms. The van der Waals surface area contributed by atoms with Crippen LogP contribution in [0.3, 0.4) is 0 Å². The molecule has 6 rings (SSSR count). The number of fused-ring (bicyclic) bond motifs is 4. The van der Waals surface area contributed by atoms with Crippen molar-refractivity contribution in [1.29, 1.82) is 0 Å². The van der Waals surface area contributed by atoms with Gasteiger partial charge in [-0.25, -0.2) is 0 Å². The van der Waals surface area contributed by atoms with E-state index in [9.17, 15) is 4.79 Å². The van der Waals surface area contributed by atoms with Crippen LogP contribution in [0.25, 0.3) is 0 Å². The van der Waals surface area contributed by atoms with Gasteiger partial charge in [0.15, 0.2) is 0 Å². The smallest absolute Gasteiger partial charge is 0.250 e. The number of pyridine rings is 1. The number of aromatic nitrogens is 4. The normalized spacial score (nSPS) is 21.7. The fraction of sp³-hybridized carbons (Fsp3) is 0.417. The molecule has 2 saturated heterocycles. The first-order valence-electron chi connectivity index (χ1n) is 11.6. The standard InChI is InChI=1S/C24H26ClN7O/c25-18-6-8-19(9-7-18)26-22-27-23(30-10-1-2-11-30)29-24(28-22)31-13-16-12-17(15-31)20-4-3-5-21(33)32(20)14-16/h3-9,16-17H,1-2,10-15H2,(H,26,27,28,29). The number of hydrogen-bond acceptors (Lipinski definition) is 7. The van der Waals surface area contributed by atoms with Crippen molar-refractivity contribution in [1.82, 2.24) is 19.5 Å². The van der Waals surface area contributed by atoms with E-state index >= 15 is 0 Å². The molecular weight excluding hydrogens is 438 g/mol. The van der Waals surface area contributed by atoms with Crippen molar-refractivity contribution < 1.29 is 0 Å². The van der Waals surface area contributed by atoms with Crippen molar-refractivity contribution in [3.63, 3.8) is 0 Å². The molecule has 3 aliphatic rings. The van der Waals surface area contributed by atoms with Gasteiger partial charge in [-0.15, -0.1) is 0 Å². The van der Waals surface area contributed by atoms with E-state index in [0.717, 1.165) is 69.3 Å². The zero-order valence-electron chi connectivity index (χ0n) is 18.3. The first-order valence-corrected chi connectivity index (χ1v) is 12.0. The molecule has 2 atom stereocenters. The molecule has 33 heavy (non-hydrogen) atoms. The lowest BCUT2D eigenvalue weighted by molar-refractivity contribution is 0.279. The van der Waals surface area contributed by atoms with E-state index in [1.807, 2.05) is 34.9 Å². The zero-order valence-corrected chi connectivity index (χ0v) is 19.1. The van der Waals surface area contributed by atoms with Gasteiger partial charge in [-0.1, -0.05) is 17.7 Å². The van der Waals surface area contributed by atoms with E-state index in [1.165, 1.54) is 0 Å². The van der Waals surface area contributed by atoms with Gasteiger partial charge in [-0.3, -0.25) is 4.79 Å². The van der Waals surface area contributed by atoms with Crippen LogP contribution in [0, 0.1) is 5.92 Å². The molecule has 3 aromatic rings. The lowest BCUT2D eigenvalue weighted by atomic mass is 9.83. The maximum absolute atomic E-state index is 12.4. The summed E-state index contributed by atoms with van der Waals surface area (Å²) in [6.45, 7) is 4.31. The lowest BCUT2D eigenvalue weighted by Crippen LogP contribution is -2.47. The Labute approximate surface area is 197 Å². The average Bonchev–Trinajstić information content (AvgIpc) is 3.36. The van der Waals surface area contributed by atoms with Crippen LogP contribution in [-0.2, 0) is 6.54 Å². The summed E-state index contributed by atoms with van der Waals surface area (Å²) >= 11 is 6.04. The first kappa shape index (κ1) is 20.5. The number of rotatable bonds is 4. The molecule has 1 aromatic carbocycles. The number of nitrogens with zero attached hydrogens (tertiary/aromatic N) is 6. The maximum atomic E-state index is 12.4. The Morgan fingerprint density at radius 2 is 1.64 bits per heavy atom. The van der Waals surface area contributed by atoms with Gasteiger partial charge in [0.1, 0.15) is 0 Å². The number of hydrogen-bond donors (Lipinski definition) is 1. The summed E-state index contributed by atoms with van der Waals surface area (Å²) in [5.74, 6) is 2.66. The van der Waals surface area contributed by atoms with Crippen LogP contribution < -0.4 is 20.7 Å². The van der Waals surface area contributed by atoms with Crippen LogP contribution in [-0.4, -0.2) is 45.7 Å². The van der Waals surface area contributed by atoms with E-state index in [4.69, 9.17) is 26.6 Å². The fourth-order valence-corrected chi connectivity index (χ4v) is 5.46. The molecule has 0 amide bonds. The highest BCUT2D eigenvalue weighted by atomic mass is 35.5. The Morgan fingerprint density at radius 3 is 2.42 bits per heavy atom. The third-order valence-corrected chi connectivity index (χ3v) is 7.12. The molecule has 0 spiro atoms. The molecule has 2 fully saturated rings. The number of piperidine rings is 1. The summed E-state index contributed by atoms with van der Waals surface area (Å²) in [6, 6.07) is 13.1. The highest BCUT2D eigenvalue weighted by Crippen LogP contribution is 2.36. The largest absolute Gasteiger partial charge is 0.341 e. The van der Waals surface area contributed by atoms with Crippen LogP contribution >= 0.6 is 11.6 Å². The Balaban J connectivity index is 1.33. The van der Waals surface area contributed by atoms with E-state index in [1.54, 1.807) is 6.07 Å². The quantitative estimate of drug-likeness (QED) is 0.632. The molecule has 5 heterocycles. The number of halogens is 1. The summed E-state index contributed by atoms with van der Waals surface area (Å²) in [4.78, 5) is 31.3. The monoisotopic (exact) mass is 463 g/mol. The molecule has 2 unspecified atom stereocenters. The van der Waals surface area contributed by atoms with Crippen molar-refractivity contribution in [2.45, 2.75) is 31.7 Å². The van der Waals surface area contributed by atoms with Crippen LogP contribution in [0.2, 0.25) is 5.02 Å². The predicted octanol–water partition coefficient (Wildman–Crippen LogP) is 3.65. The molecule has 2 aromatic heterocycles. The summed E-state index contributed by atoms with van der Waals surface area (Å²) < 4.78 is 1.95. The SMILES string of the molecule is O=c1cccc2n1CC1CC2CN(c2nc(Nc3ccc(Cl)cc3)nc(N3CCCC3)n2)C1. The van der Waals surface area contributed by atoms with E-state index in [-0.39, 0.29) is 5.56 Å². The van der Waals surface area contributed by atoms with Crippen molar-refractivity contribution in [3.8, 4) is 0 Å². The number of anilines is 4. The van der Waals surface area contributed by atoms with Crippen molar-refractivity contribution in [2.75, 3.05) is 41.3 Å². The van der Waals surface area contributed by atoms with E-state index in [0.29, 0.717) is 28.8 Å². The Morgan fingerprint density at radius 1 is 0.879 bits per heavy atom. The van der Waals surface area contributed by atoms with Gasteiger partial charge in [-0.05, 0) is 55.5 Å². The molecule has 0 radical (unpaired) electrons. The minimum atomic E-state index is 0.0987. The summed E-state index contributed by atoms with van der Waals surface area (Å²) in [5.41, 5.74) is 2.10. The Kier molecular flexibility index (Phi) is 5.17. The first-order chi connectivity index (χ1) is 16.1. The number of benzene rings is 1. The predicted molar refractivity (Wildman–Crippen MR) is 130 cm³/mol. The average molecular weight is 464 g/mol. The summed E-state index contributed by atoms with van der Waals surface area (Å²) in [7, 11) is 0. The zero-order chi connectivity index (χ0) is 22.4. The van der Waals surface area contributed by atoms with Crippen LogP contribution in [0.1, 0.15) is 30.9 Å². The highest BCUT2D eigenvalue weighted by Gasteiger charge is 2.36. The highest BCUT2D eigenvalue weighted by molar-refractivity contribution is 6.30. The van der Waals surface area contributed by atoms with Gasteiger partial charge >= 0.3 is 0 Å². The lowest BCUT2D eigenvalue weighted by Gasteiger charge is -2.42. The van der Waals surface area contributed by atoms with Gasteiger partial charge in [-0.2, -0.15) is 15.0 Å². The van der Waals surface area contributed by atoms with Crippen molar-refractivity contribution in [3.05, 3.63) is 63.5 Å². The van der Waals surface area contributed by atoms with Gasteiger partial charge in [0.2, 0.25) is 17.8 Å². The Bertz CT molecular complexity index is 1220. The third-order valence-electron chi connectivity index (χ3n) is 6.86. The minimum Gasteiger partial charge on any atom is -0.341 e. The molecule has 3 aliphatic heterocycles. The summed E-state index contributed by atoms with van der Waals surface area (Å²) in [5, 5.41) is 4.02. The molecule has 0 saturated carbocycles. The molecular formula is C24H26ClN7O. The molecule has 0 aliphatic carbocycles. The van der Waals surface area contributed by atoms with Crippen LogP contribution in [0.4, 0.5) is 23.5 Å². The van der Waals surface area contributed by atoms with Gasteiger partial charge < -0.3 is 19.7 Å². The molecule has 1 N–H and O–H groups in total. The minimum absolute atomic E-state index is 0.0987. The van der Waals surface area contributed by atoms with Crippen molar-refractivity contribution >= 4 is 35.1 Å².